The van der Waals surface area contributed by atoms with E-state index in [0.29, 0.717) is 11.7 Å². The highest BCUT2D eigenvalue weighted by atomic mass is 16.5. The molecule has 1 aliphatic heterocycles. The summed E-state index contributed by atoms with van der Waals surface area (Å²) in [5.41, 5.74) is 1.26. The van der Waals surface area contributed by atoms with Gasteiger partial charge in [-0.15, -0.1) is 0 Å². The Morgan fingerprint density at radius 3 is 2.95 bits per heavy atom. The summed E-state index contributed by atoms with van der Waals surface area (Å²) in [4.78, 5) is 12.3. The van der Waals surface area contributed by atoms with Crippen molar-refractivity contribution in [2.24, 2.45) is 5.92 Å². The van der Waals surface area contributed by atoms with Crippen molar-refractivity contribution in [2.45, 2.75) is 58.1 Å². The second-order valence-electron chi connectivity index (χ2n) is 5.86. The number of ether oxygens (including phenoxy) is 1. The van der Waals surface area contributed by atoms with E-state index in [1.807, 2.05) is 17.7 Å². The lowest BCUT2D eigenvalue weighted by molar-refractivity contribution is -0.127. The number of carbonyl (C=O) groups excluding carboxylic acids is 1. The maximum Gasteiger partial charge on any atom is 0.231 e. The summed E-state index contributed by atoms with van der Waals surface area (Å²) in [6.07, 6.45) is 4.34. The number of hydrogen-bond acceptors (Lipinski definition) is 3. The second kappa shape index (κ2) is 5.56. The number of anilines is 1. The third kappa shape index (κ3) is 2.73. The van der Waals surface area contributed by atoms with Crippen LogP contribution in [0.4, 0.5) is 5.82 Å². The lowest BCUT2D eigenvalue weighted by atomic mass is 9.94. The molecule has 0 bridgehead atoms. The molecule has 1 aromatic rings. The molecular formula is C15H23N3O2. The van der Waals surface area contributed by atoms with Gasteiger partial charge in [-0.2, -0.15) is 5.10 Å². The van der Waals surface area contributed by atoms with E-state index in [0.717, 1.165) is 26.0 Å². The fourth-order valence-electron chi connectivity index (χ4n) is 2.94. The number of aryl methyl sites for hydroxylation is 1. The van der Waals surface area contributed by atoms with Crippen LogP contribution in [0.1, 0.15) is 51.1 Å². The van der Waals surface area contributed by atoms with Gasteiger partial charge in [0.1, 0.15) is 0 Å². The number of rotatable bonds is 4. The first-order valence-electron chi connectivity index (χ1n) is 7.69. The van der Waals surface area contributed by atoms with E-state index in [4.69, 9.17) is 4.74 Å². The number of hydrogen-bond donors (Lipinski definition) is 1. The van der Waals surface area contributed by atoms with Crippen molar-refractivity contribution >= 4 is 11.7 Å². The first-order chi connectivity index (χ1) is 9.69. The van der Waals surface area contributed by atoms with Crippen LogP contribution in [-0.4, -0.2) is 28.4 Å². The third-order valence-corrected chi connectivity index (χ3v) is 4.30. The first kappa shape index (κ1) is 13.6. The fraction of sp³-hybridized carbons (Fsp3) is 0.733. The van der Waals surface area contributed by atoms with E-state index in [9.17, 15) is 4.79 Å². The van der Waals surface area contributed by atoms with Crippen LogP contribution in [0, 0.1) is 5.92 Å². The van der Waals surface area contributed by atoms with E-state index < -0.39 is 0 Å². The van der Waals surface area contributed by atoms with Gasteiger partial charge in [0.2, 0.25) is 5.91 Å². The molecular weight excluding hydrogens is 254 g/mol. The maximum atomic E-state index is 12.3. The van der Waals surface area contributed by atoms with Crippen LogP contribution in [-0.2, 0) is 16.1 Å². The van der Waals surface area contributed by atoms with Gasteiger partial charge in [0.15, 0.2) is 5.82 Å². The molecule has 1 aliphatic carbocycles. The van der Waals surface area contributed by atoms with Gasteiger partial charge in [0, 0.05) is 30.8 Å². The number of carbonyl (C=O) groups is 1. The molecule has 2 heterocycles. The molecule has 0 aromatic carbocycles. The predicted molar refractivity (Wildman–Crippen MR) is 76.6 cm³/mol. The van der Waals surface area contributed by atoms with Crippen LogP contribution in [0.15, 0.2) is 6.07 Å². The average Bonchev–Trinajstić information content (AvgIpc) is 3.21. The van der Waals surface area contributed by atoms with Crippen molar-refractivity contribution in [3.63, 3.8) is 0 Å². The van der Waals surface area contributed by atoms with Crippen LogP contribution in [0.25, 0.3) is 0 Å². The number of nitrogens with zero attached hydrogens (tertiary/aromatic N) is 2. The second-order valence-corrected chi connectivity index (χ2v) is 5.86. The highest BCUT2D eigenvalue weighted by molar-refractivity contribution is 5.92. The van der Waals surface area contributed by atoms with Gasteiger partial charge in [0.25, 0.3) is 0 Å². The Morgan fingerprint density at radius 2 is 2.30 bits per heavy atom. The molecule has 3 rings (SSSR count). The first-order valence-corrected chi connectivity index (χ1v) is 7.69. The highest BCUT2D eigenvalue weighted by Gasteiger charge is 2.31. The van der Waals surface area contributed by atoms with Gasteiger partial charge in [0.05, 0.1) is 12.0 Å². The van der Waals surface area contributed by atoms with Gasteiger partial charge in [-0.1, -0.05) is 0 Å². The van der Waals surface area contributed by atoms with E-state index in [-0.39, 0.29) is 17.9 Å². The van der Waals surface area contributed by atoms with E-state index in [1.165, 1.54) is 18.5 Å². The molecule has 0 unspecified atom stereocenters. The summed E-state index contributed by atoms with van der Waals surface area (Å²) in [6, 6.07) is 2.04. The largest absolute Gasteiger partial charge is 0.378 e. The summed E-state index contributed by atoms with van der Waals surface area (Å²) >= 11 is 0. The number of aromatic nitrogens is 2. The Hall–Kier alpha value is -1.36. The lowest BCUT2D eigenvalue weighted by Crippen LogP contribution is -2.36. The maximum absolute atomic E-state index is 12.3. The SMILES string of the molecule is CCn1nc(NC(=O)[C@H]2CCCO[C@H]2C)cc1C1CC1. The van der Waals surface area contributed by atoms with Gasteiger partial charge in [-0.25, -0.2) is 0 Å². The Kier molecular flexibility index (Phi) is 3.78. The van der Waals surface area contributed by atoms with E-state index in [1.54, 1.807) is 0 Å². The molecule has 5 nitrogen and oxygen atoms in total. The quantitative estimate of drug-likeness (QED) is 0.920. The zero-order valence-electron chi connectivity index (χ0n) is 12.3. The molecule has 0 spiro atoms. The molecule has 2 atom stereocenters. The molecule has 5 heteroatoms. The lowest BCUT2D eigenvalue weighted by Gasteiger charge is -2.27. The minimum Gasteiger partial charge on any atom is -0.378 e. The summed E-state index contributed by atoms with van der Waals surface area (Å²) in [5.74, 6) is 1.32. The number of amides is 1. The van der Waals surface area contributed by atoms with Crippen LogP contribution in [0.3, 0.4) is 0 Å². The molecule has 1 saturated carbocycles. The van der Waals surface area contributed by atoms with Crippen molar-refractivity contribution in [1.29, 1.82) is 0 Å². The molecule has 0 radical (unpaired) electrons. The predicted octanol–water partition coefficient (Wildman–Crippen LogP) is 2.53. The van der Waals surface area contributed by atoms with Crippen LogP contribution in [0.5, 0.6) is 0 Å². The standard InChI is InChI=1S/C15H23N3O2/c1-3-18-13(11-6-7-11)9-14(17-18)16-15(19)12-5-4-8-20-10(12)2/h9-12H,3-8H2,1-2H3,(H,16,17,19)/t10-,12-/m0/s1. The van der Waals surface area contributed by atoms with Crippen LogP contribution in [0.2, 0.25) is 0 Å². The third-order valence-electron chi connectivity index (χ3n) is 4.30. The molecule has 2 fully saturated rings. The van der Waals surface area contributed by atoms with Crippen molar-refractivity contribution in [1.82, 2.24) is 9.78 Å². The molecule has 1 saturated heterocycles. The summed E-state index contributed by atoms with van der Waals surface area (Å²) in [5, 5.41) is 7.46. The average molecular weight is 277 g/mol. The highest BCUT2D eigenvalue weighted by Crippen LogP contribution is 2.40. The molecule has 1 amide bonds. The minimum atomic E-state index is -0.0556. The Morgan fingerprint density at radius 1 is 1.50 bits per heavy atom. The van der Waals surface area contributed by atoms with Gasteiger partial charge < -0.3 is 10.1 Å². The summed E-state index contributed by atoms with van der Waals surface area (Å²) in [7, 11) is 0. The van der Waals surface area contributed by atoms with Gasteiger partial charge in [-0.05, 0) is 39.5 Å². The van der Waals surface area contributed by atoms with Crippen molar-refractivity contribution in [3.05, 3.63) is 11.8 Å². The smallest absolute Gasteiger partial charge is 0.231 e. The van der Waals surface area contributed by atoms with Crippen LogP contribution < -0.4 is 5.32 Å². The van der Waals surface area contributed by atoms with E-state index >= 15 is 0 Å². The summed E-state index contributed by atoms with van der Waals surface area (Å²) < 4.78 is 7.57. The van der Waals surface area contributed by atoms with E-state index in [2.05, 4.69) is 17.3 Å². The molecule has 1 N–H and O–H groups in total. The molecule has 1 aromatic heterocycles. The Bertz CT molecular complexity index is 493. The van der Waals surface area contributed by atoms with Gasteiger partial charge >= 0.3 is 0 Å². The van der Waals surface area contributed by atoms with Crippen molar-refractivity contribution < 1.29 is 9.53 Å². The summed E-state index contributed by atoms with van der Waals surface area (Å²) in [6.45, 7) is 5.68. The monoisotopic (exact) mass is 277 g/mol. The minimum absolute atomic E-state index is 0.0000802. The molecule has 110 valence electrons. The molecule has 20 heavy (non-hydrogen) atoms. The topological polar surface area (TPSA) is 56.2 Å². The molecule has 2 aliphatic rings. The zero-order valence-corrected chi connectivity index (χ0v) is 12.3. The number of nitrogens with one attached hydrogen (secondary N) is 1. The van der Waals surface area contributed by atoms with Crippen molar-refractivity contribution in [2.75, 3.05) is 11.9 Å². The zero-order chi connectivity index (χ0) is 14.1. The Labute approximate surface area is 119 Å². The fourth-order valence-corrected chi connectivity index (χ4v) is 2.94. The normalized spacial score (nSPS) is 26.5. The van der Waals surface area contributed by atoms with Gasteiger partial charge in [-0.3, -0.25) is 9.48 Å². The van der Waals surface area contributed by atoms with Crippen molar-refractivity contribution in [3.8, 4) is 0 Å². The Balaban J connectivity index is 1.69. The van der Waals surface area contributed by atoms with Crippen LogP contribution >= 0.6 is 0 Å².